The van der Waals surface area contributed by atoms with Gasteiger partial charge in [0.05, 0.1) is 10.6 Å². The summed E-state index contributed by atoms with van der Waals surface area (Å²) in [5.74, 6) is -0.983. The summed E-state index contributed by atoms with van der Waals surface area (Å²) in [4.78, 5) is 13.0. The van der Waals surface area contributed by atoms with Crippen molar-refractivity contribution >= 4 is 54.9 Å². The number of benzene rings is 3. The van der Waals surface area contributed by atoms with Gasteiger partial charge in [0.1, 0.15) is 20.6 Å². The smallest absolute Gasteiger partial charge is 0.211 e. The highest BCUT2D eigenvalue weighted by atomic mass is 35.5. The van der Waals surface area contributed by atoms with E-state index in [2.05, 4.69) is 5.32 Å². The lowest BCUT2D eigenvalue weighted by Crippen LogP contribution is -2.08. The maximum Gasteiger partial charge on any atom is 0.211 e. The Labute approximate surface area is 205 Å². The summed E-state index contributed by atoms with van der Waals surface area (Å²) in [7, 11) is -4.11. The van der Waals surface area contributed by atoms with E-state index in [0.717, 1.165) is 34.6 Å². The summed E-state index contributed by atoms with van der Waals surface area (Å²) in [6.07, 6.45) is 0. The zero-order chi connectivity index (χ0) is 24.6. The molecule has 3 aromatic carbocycles. The zero-order valence-corrected chi connectivity index (χ0v) is 20.6. The Morgan fingerprint density at radius 2 is 1.65 bits per heavy atom. The van der Waals surface area contributed by atoms with Crippen LogP contribution in [0.1, 0.15) is 26.4 Å². The Kier molecular flexibility index (Phi) is 6.49. The molecule has 0 fully saturated rings. The van der Waals surface area contributed by atoms with Crippen molar-refractivity contribution in [2.45, 2.75) is 23.6 Å². The number of carbonyl (C=O) groups excluding carboxylic acids is 1. The molecule has 0 saturated carbocycles. The lowest BCUT2D eigenvalue weighted by Gasteiger charge is -2.12. The van der Waals surface area contributed by atoms with Crippen molar-refractivity contribution in [1.82, 2.24) is 0 Å². The van der Waals surface area contributed by atoms with Gasteiger partial charge in [-0.15, -0.1) is 11.3 Å². The molecule has 0 bridgehead atoms. The van der Waals surface area contributed by atoms with Crippen molar-refractivity contribution < 1.29 is 17.6 Å². The average Bonchev–Trinajstić information content (AvgIpc) is 3.13. The first-order chi connectivity index (χ1) is 16.1. The van der Waals surface area contributed by atoms with E-state index in [4.69, 9.17) is 17.3 Å². The van der Waals surface area contributed by atoms with Gasteiger partial charge in [-0.3, -0.25) is 4.79 Å². The number of hydrogen-bond acceptors (Lipinski definition) is 6. The molecule has 5 nitrogen and oxygen atoms in total. The summed E-state index contributed by atoms with van der Waals surface area (Å²) < 4.78 is 40.6. The van der Waals surface area contributed by atoms with Crippen LogP contribution < -0.4 is 11.1 Å². The minimum Gasteiger partial charge on any atom is -0.396 e. The number of nitrogen functional groups attached to an aromatic ring is 1. The van der Waals surface area contributed by atoms with Crippen LogP contribution in [-0.2, 0) is 9.84 Å². The van der Waals surface area contributed by atoms with Gasteiger partial charge in [0.2, 0.25) is 15.6 Å². The number of nitrogens with two attached hydrogens (primary N) is 1. The lowest BCUT2D eigenvalue weighted by atomic mass is 10.1. The Balaban J connectivity index is 1.90. The molecule has 0 aliphatic heterocycles. The SMILES string of the molecule is Cc1ccc(C)c(Nc2sc(C(=O)c3ccc(F)cc3)c(N)c2S(=O)(=O)c2ccc(Cl)cc2)c1. The number of anilines is 3. The van der Waals surface area contributed by atoms with Crippen LogP contribution in [0, 0.1) is 19.7 Å². The van der Waals surface area contributed by atoms with Crippen molar-refractivity contribution in [3.8, 4) is 0 Å². The lowest BCUT2D eigenvalue weighted by molar-refractivity contribution is 0.104. The Bertz CT molecular complexity index is 1500. The second-order valence-corrected chi connectivity index (χ2v) is 11.1. The van der Waals surface area contributed by atoms with Gasteiger partial charge < -0.3 is 11.1 Å². The van der Waals surface area contributed by atoms with E-state index in [1.54, 1.807) is 0 Å². The first-order valence-electron chi connectivity index (χ1n) is 10.2. The van der Waals surface area contributed by atoms with Crippen LogP contribution in [0.25, 0.3) is 0 Å². The predicted molar refractivity (Wildman–Crippen MR) is 135 cm³/mol. The number of nitrogens with one attached hydrogen (secondary N) is 1. The molecule has 9 heteroatoms. The third-order valence-corrected chi connectivity index (χ3v) is 8.60. The first-order valence-corrected chi connectivity index (χ1v) is 12.8. The van der Waals surface area contributed by atoms with Gasteiger partial charge in [0, 0.05) is 16.3 Å². The molecule has 0 amide bonds. The minimum atomic E-state index is -4.11. The van der Waals surface area contributed by atoms with Gasteiger partial charge in [0.15, 0.2) is 0 Å². The number of carbonyl (C=O) groups is 1. The largest absolute Gasteiger partial charge is 0.396 e. The summed E-state index contributed by atoms with van der Waals surface area (Å²) in [6, 6.07) is 16.4. The van der Waals surface area contributed by atoms with Crippen LogP contribution in [0.15, 0.2) is 76.5 Å². The summed E-state index contributed by atoms with van der Waals surface area (Å²) in [6.45, 7) is 3.80. The molecule has 1 aromatic heterocycles. The Hall–Kier alpha value is -3.20. The van der Waals surface area contributed by atoms with Gasteiger partial charge in [0.25, 0.3) is 0 Å². The molecular formula is C25H20ClFN2O3S2. The van der Waals surface area contributed by atoms with E-state index in [1.807, 2.05) is 32.0 Å². The average molecular weight is 515 g/mol. The van der Waals surface area contributed by atoms with E-state index >= 15 is 0 Å². The normalized spacial score (nSPS) is 11.4. The number of hydrogen-bond donors (Lipinski definition) is 2. The van der Waals surface area contributed by atoms with E-state index in [-0.39, 0.29) is 30.9 Å². The van der Waals surface area contributed by atoms with Crippen LogP contribution in [0.2, 0.25) is 5.02 Å². The molecule has 0 spiro atoms. The third-order valence-electron chi connectivity index (χ3n) is 5.25. The number of halogens is 2. The van der Waals surface area contributed by atoms with E-state index in [0.29, 0.717) is 10.7 Å². The van der Waals surface area contributed by atoms with Crippen LogP contribution >= 0.6 is 22.9 Å². The van der Waals surface area contributed by atoms with Crippen molar-refractivity contribution in [1.29, 1.82) is 0 Å². The number of aryl methyl sites for hydroxylation is 2. The molecule has 3 N–H and O–H groups in total. The quantitative estimate of drug-likeness (QED) is 0.285. The third kappa shape index (κ3) is 4.57. The summed E-state index contributed by atoms with van der Waals surface area (Å²) >= 11 is 6.88. The highest BCUT2D eigenvalue weighted by Crippen LogP contribution is 2.44. The number of sulfone groups is 1. The molecule has 0 saturated heterocycles. The molecule has 0 aliphatic carbocycles. The van der Waals surface area contributed by atoms with Crippen LogP contribution in [0.5, 0.6) is 0 Å². The highest BCUT2D eigenvalue weighted by Gasteiger charge is 2.32. The molecule has 0 unspecified atom stereocenters. The van der Waals surface area contributed by atoms with Gasteiger partial charge in [-0.25, -0.2) is 12.8 Å². The minimum absolute atomic E-state index is 0.00815. The first kappa shape index (κ1) is 23.9. The van der Waals surface area contributed by atoms with E-state index in [1.165, 1.54) is 36.4 Å². The fourth-order valence-electron chi connectivity index (χ4n) is 3.40. The predicted octanol–water partition coefficient (Wildman–Crippen LogP) is 6.55. The monoisotopic (exact) mass is 514 g/mol. The van der Waals surface area contributed by atoms with Crippen molar-refractivity contribution in [3.63, 3.8) is 0 Å². The molecule has 0 radical (unpaired) electrons. The van der Waals surface area contributed by atoms with Crippen molar-refractivity contribution in [2.75, 3.05) is 11.1 Å². The number of thiophene rings is 1. The molecule has 174 valence electrons. The standard InChI is InChI=1S/C25H20ClFN2O3S2/c1-14-3-4-15(2)20(13-14)29-25-24(34(31,32)19-11-7-17(26)8-12-19)21(28)23(33-25)22(30)16-5-9-18(27)10-6-16/h3-13,29H,28H2,1-2H3. The molecule has 1 heterocycles. The Morgan fingerprint density at radius 1 is 1.00 bits per heavy atom. The van der Waals surface area contributed by atoms with Gasteiger partial charge >= 0.3 is 0 Å². The molecular weight excluding hydrogens is 495 g/mol. The van der Waals surface area contributed by atoms with Crippen LogP contribution in [0.3, 0.4) is 0 Å². The van der Waals surface area contributed by atoms with E-state index in [9.17, 15) is 17.6 Å². The number of rotatable bonds is 6. The molecule has 4 aromatic rings. The van der Waals surface area contributed by atoms with Gasteiger partial charge in [-0.2, -0.15) is 0 Å². The topological polar surface area (TPSA) is 89.3 Å². The summed E-state index contributed by atoms with van der Waals surface area (Å²) in [5.41, 5.74) is 8.90. The molecule has 4 rings (SSSR count). The van der Waals surface area contributed by atoms with E-state index < -0.39 is 21.4 Å². The zero-order valence-electron chi connectivity index (χ0n) is 18.2. The van der Waals surface area contributed by atoms with Gasteiger partial charge in [-0.1, -0.05) is 23.7 Å². The van der Waals surface area contributed by atoms with Crippen LogP contribution in [-0.4, -0.2) is 14.2 Å². The maximum atomic E-state index is 13.6. The van der Waals surface area contributed by atoms with Crippen molar-refractivity contribution in [3.05, 3.63) is 99.1 Å². The highest BCUT2D eigenvalue weighted by molar-refractivity contribution is 7.92. The Morgan fingerprint density at radius 3 is 2.29 bits per heavy atom. The second-order valence-electron chi connectivity index (χ2n) is 7.74. The number of ketones is 1. The maximum absolute atomic E-state index is 13.6. The van der Waals surface area contributed by atoms with Crippen LogP contribution in [0.4, 0.5) is 20.8 Å². The molecule has 0 atom stereocenters. The fourth-order valence-corrected chi connectivity index (χ4v) is 6.46. The van der Waals surface area contributed by atoms with Crippen molar-refractivity contribution in [2.24, 2.45) is 0 Å². The fraction of sp³-hybridized carbons (Fsp3) is 0.0800. The molecule has 34 heavy (non-hydrogen) atoms. The second kappa shape index (κ2) is 9.21. The molecule has 0 aliphatic rings. The van der Waals surface area contributed by atoms with Gasteiger partial charge in [-0.05, 0) is 79.6 Å². The summed E-state index contributed by atoms with van der Waals surface area (Å²) in [5, 5.41) is 3.77.